The molecule has 0 atom stereocenters. The predicted octanol–water partition coefficient (Wildman–Crippen LogP) is 6.49. The normalized spacial score (nSPS) is 23.0. The SMILES string of the molecule is O=C(O)C1(Nc2cccc(Cl)c2)CCC2(CC1)C(CCOc1ccnc(F)c1)=Cc1ccccc12. The maximum absolute atomic E-state index is 13.4. The molecule has 0 saturated heterocycles. The van der Waals surface area contributed by atoms with Gasteiger partial charge in [-0.1, -0.05) is 53.6 Å². The first-order chi connectivity index (χ1) is 16.9. The molecule has 0 amide bonds. The summed E-state index contributed by atoms with van der Waals surface area (Å²) in [4.78, 5) is 16.1. The van der Waals surface area contributed by atoms with Crippen molar-refractivity contribution in [3.8, 4) is 5.75 Å². The molecule has 0 aliphatic heterocycles. The molecule has 0 radical (unpaired) electrons. The van der Waals surface area contributed by atoms with Crippen molar-refractivity contribution in [2.45, 2.75) is 43.1 Å². The number of halogens is 2. The molecule has 1 aromatic heterocycles. The van der Waals surface area contributed by atoms with Crippen molar-refractivity contribution >= 4 is 29.3 Å². The van der Waals surface area contributed by atoms with Crippen LogP contribution in [0.15, 0.2) is 72.4 Å². The van der Waals surface area contributed by atoms with Gasteiger partial charge in [0.15, 0.2) is 0 Å². The summed E-state index contributed by atoms with van der Waals surface area (Å²) in [5.74, 6) is -0.981. The molecule has 1 heterocycles. The molecule has 0 unspecified atom stereocenters. The molecule has 1 fully saturated rings. The number of carboxylic acid groups (broad SMARTS) is 1. The second-order valence-electron chi connectivity index (χ2n) is 9.27. The number of nitrogens with zero attached hydrogens (tertiary/aromatic N) is 1. The van der Waals surface area contributed by atoms with E-state index >= 15 is 0 Å². The van der Waals surface area contributed by atoms with Crippen molar-refractivity contribution < 1.29 is 19.0 Å². The number of hydrogen-bond acceptors (Lipinski definition) is 4. The fraction of sp³-hybridized carbons (Fsp3) is 0.286. The quantitative estimate of drug-likeness (QED) is 0.369. The fourth-order valence-corrected chi connectivity index (χ4v) is 5.74. The van der Waals surface area contributed by atoms with E-state index in [2.05, 4.69) is 28.5 Å². The van der Waals surface area contributed by atoms with Crippen LogP contribution >= 0.6 is 11.6 Å². The summed E-state index contributed by atoms with van der Waals surface area (Å²) in [6.07, 6.45) is 6.59. The van der Waals surface area contributed by atoms with Crippen molar-refractivity contribution in [2.75, 3.05) is 11.9 Å². The smallest absolute Gasteiger partial charge is 0.329 e. The van der Waals surface area contributed by atoms with E-state index in [1.54, 1.807) is 18.2 Å². The Kier molecular flexibility index (Phi) is 6.24. The Morgan fingerprint density at radius 1 is 1.09 bits per heavy atom. The van der Waals surface area contributed by atoms with E-state index in [9.17, 15) is 14.3 Å². The van der Waals surface area contributed by atoms with Gasteiger partial charge in [0.25, 0.3) is 0 Å². The Labute approximate surface area is 208 Å². The van der Waals surface area contributed by atoms with Gasteiger partial charge in [-0.05, 0) is 61.1 Å². The number of carbonyl (C=O) groups is 1. The molecule has 2 aromatic carbocycles. The molecule has 35 heavy (non-hydrogen) atoms. The van der Waals surface area contributed by atoms with E-state index in [-0.39, 0.29) is 5.41 Å². The Morgan fingerprint density at radius 2 is 1.89 bits per heavy atom. The van der Waals surface area contributed by atoms with Crippen molar-refractivity contribution in [3.63, 3.8) is 0 Å². The van der Waals surface area contributed by atoms with E-state index in [1.807, 2.05) is 24.3 Å². The van der Waals surface area contributed by atoms with Crippen LogP contribution in [0, 0.1) is 5.95 Å². The minimum atomic E-state index is -1.07. The number of anilines is 1. The molecule has 5 nitrogen and oxygen atoms in total. The number of aromatic nitrogens is 1. The fourth-order valence-electron chi connectivity index (χ4n) is 5.55. The lowest BCUT2D eigenvalue weighted by Gasteiger charge is -2.45. The lowest BCUT2D eigenvalue weighted by atomic mass is 9.62. The number of ether oxygens (including phenoxy) is 1. The van der Waals surface area contributed by atoms with Crippen LogP contribution in [0.4, 0.5) is 10.1 Å². The molecule has 2 aliphatic rings. The van der Waals surface area contributed by atoms with Gasteiger partial charge < -0.3 is 15.2 Å². The number of pyridine rings is 1. The van der Waals surface area contributed by atoms with E-state index < -0.39 is 17.5 Å². The molecule has 2 N–H and O–H groups in total. The van der Waals surface area contributed by atoms with Crippen LogP contribution in [0.1, 0.15) is 43.2 Å². The van der Waals surface area contributed by atoms with E-state index in [0.717, 1.165) is 0 Å². The molecule has 2 aliphatic carbocycles. The zero-order chi connectivity index (χ0) is 24.5. The number of hydrogen-bond donors (Lipinski definition) is 2. The monoisotopic (exact) mass is 492 g/mol. The summed E-state index contributed by atoms with van der Waals surface area (Å²) in [6, 6.07) is 18.4. The Morgan fingerprint density at radius 3 is 2.63 bits per heavy atom. The Bertz CT molecular complexity index is 1280. The zero-order valence-electron chi connectivity index (χ0n) is 19.1. The zero-order valence-corrected chi connectivity index (χ0v) is 19.9. The number of fused-ring (bicyclic) bond motifs is 2. The predicted molar refractivity (Wildman–Crippen MR) is 134 cm³/mol. The first kappa shape index (κ1) is 23.4. The highest BCUT2D eigenvalue weighted by molar-refractivity contribution is 6.30. The van der Waals surface area contributed by atoms with Crippen LogP contribution in [-0.4, -0.2) is 28.2 Å². The third-order valence-corrected chi connectivity index (χ3v) is 7.57. The molecular formula is C28H26ClFN2O3. The highest BCUT2D eigenvalue weighted by Gasteiger charge is 2.51. The average molecular weight is 493 g/mol. The second kappa shape index (κ2) is 9.34. The summed E-state index contributed by atoms with van der Waals surface area (Å²) in [5, 5.41) is 14.1. The molecule has 180 valence electrons. The number of rotatable bonds is 7. The van der Waals surface area contributed by atoms with Gasteiger partial charge in [-0.25, -0.2) is 9.78 Å². The van der Waals surface area contributed by atoms with Crippen LogP contribution < -0.4 is 10.1 Å². The standard InChI is InChI=1S/C28H26ClFN2O3/c29-21-5-3-6-22(17-21)32-28(26(33)34)12-10-27(11-13-28)20(16-19-4-1-2-7-24(19)27)9-15-35-23-8-14-31-25(30)18-23/h1-8,14,16-18,32H,9-13,15H2,(H,33,34). The maximum atomic E-state index is 13.4. The van der Waals surface area contributed by atoms with Gasteiger partial charge in [-0.15, -0.1) is 0 Å². The highest BCUT2D eigenvalue weighted by atomic mass is 35.5. The molecule has 5 rings (SSSR count). The number of benzene rings is 2. The van der Waals surface area contributed by atoms with Gasteiger partial charge in [0.05, 0.1) is 6.61 Å². The van der Waals surface area contributed by atoms with E-state index in [0.29, 0.717) is 55.2 Å². The molecule has 0 bridgehead atoms. The van der Waals surface area contributed by atoms with Gasteiger partial charge >= 0.3 is 5.97 Å². The van der Waals surface area contributed by atoms with Gasteiger partial charge in [0.1, 0.15) is 11.3 Å². The van der Waals surface area contributed by atoms with E-state index in [4.69, 9.17) is 16.3 Å². The minimum Gasteiger partial charge on any atom is -0.493 e. The largest absolute Gasteiger partial charge is 0.493 e. The van der Waals surface area contributed by atoms with Crippen molar-refractivity contribution in [1.82, 2.24) is 4.98 Å². The van der Waals surface area contributed by atoms with Crippen LogP contribution in [0.5, 0.6) is 5.75 Å². The number of aliphatic carboxylic acids is 1. The summed E-state index contributed by atoms with van der Waals surface area (Å²) < 4.78 is 19.2. The molecular weight excluding hydrogens is 467 g/mol. The minimum absolute atomic E-state index is 0.238. The van der Waals surface area contributed by atoms with Crippen LogP contribution in [0.3, 0.4) is 0 Å². The van der Waals surface area contributed by atoms with Gasteiger partial charge in [0.2, 0.25) is 5.95 Å². The third kappa shape index (κ3) is 4.50. The lowest BCUT2D eigenvalue weighted by Crippen LogP contribution is -2.52. The van der Waals surface area contributed by atoms with Crippen molar-refractivity contribution in [2.24, 2.45) is 0 Å². The van der Waals surface area contributed by atoms with E-state index in [1.165, 1.54) is 29.0 Å². The maximum Gasteiger partial charge on any atom is 0.329 e. The molecule has 1 spiro atoms. The number of carboxylic acids is 1. The second-order valence-corrected chi connectivity index (χ2v) is 9.71. The summed E-state index contributed by atoms with van der Waals surface area (Å²) in [5.41, 5.74) is 3.04. The van der Waals surface area contributed by atoms with Crippen LogP contribution in [0.25, 0.3) is 6.08 Å². The van der Waals surface area contributed by atoms with Crippen molar-refractivity contribution in [3.05, 3.63) is 94.5 Å². The summed E-state index contributed by atoms with van der Waals surface area (Å²) in [6.45, 7) is 0.399. The average Bonchev–Trinajstić information content (AvgIpc) is 3.14. The number of nitrogens with one attached hydrogen (secondary N) is 1. The Balaban J connectivity index is 1.37. The first-order valence-corrected chi connectivity index (χ1v) is 12.1. The topological polar surface area (TPSA) is 71.5 Å². The molecule has 3 aromatic rings. The van der Waals surface area contributed by atoms with Gasteiger partial charge in [-0.2, -0.15) is 4.39 Å². The highest BCUT2D eigenvalue weighted by Crippen LogP contribution is 2.54. The molecule has 7 heteroatoms. The summed E-state index contributed by atoms with van der Waals surface area (Å²) in [7, 11) is 0. The van der Waals surface area contributed by atoms with Gasteiger partial charge in [0, 0.05) is 34.8 Å². The third-order valence-electron chi connectivity index (χ3n) is 7.33. The van der Waals surface area contributed by atoms with Crippen LogP contribution in [-0.2, 0) is 10.2 Å². The van der Waals surface area contributed by atoms with Gasteiger partial charge in [-0.3, -0.25) is 0 Å². The lowest BCUT2D eigenvalue weighted by molar-refractivity contribution is -0.143. The summed E-state index contributed by atoms with van der Waals surface area (Å²) >= 11 is 6.13. The molecule has 1 saturated carbocycles. The Hall–Kier alpha value is -3.38. The van der Waals surface area contributed by atoms with Crippen molar-refractivity contribution in [1.29, 1.82) is 0 Å². The van der Waals surface area contributed by atoms with Crippen LogP contribution in [0.2, 0.25) is 5.02 Å². The first-order valence-electron chi connectivity index (χ1n) is 11.7.